The van der Waals surface area contributed by atoms with Gasteiger partial charge in [-0.05, 0) is 37.6 Å². The van der Waals surface area contributed by atoms with Gasteiger partial charge in [0.1, 0.15) is 11.5 Å². The highest BCUT2D eigenvalue weighted by molar-refractivity contribution is 5.33. The van der Waals surface area contributed by atoms with E-state index < -0.39 is 6.10 Å². The van der Waals surface area contributed by atoms with Gasteiger partial charge in [-0.2, -0.15) is 0 Å². The molecule has 0 bridgehead atoms. The standard InChI is InChI=1S/C19H25NO3/c1-14(2)23-19-10-5-4-7-16(19)12-20-13-18(21)15-8-6-9-17(11-15)22-3/h4-11,14,18,20-21H,12-13H2,1-3H3. The quantitative estimate of drug-likeness (QED) is 0.785. The molecule has 2 rings (SSSR count). The van der Waals surface area contributed by atoms with E-state index in [1.807, 2.05) is 62.4 Å². The predicted molar refractivity (Wildman–Crippen MR) is 91.9 cm³/mol. The van der Waals surface area contributed by atoms with Crippen molar-refractivity contribution in [2.45, 2.75) is 32.6 Å². The summed E-state index contributed by atoms with van der Waals surface area (Å²) in [5.74, 6) is 1.63. The van der Waals surface area contributed by atoms with Crippen LogP contribution in [-0.2, 0) is 6.54 Å². The fraction of sp³-hybridized carbons (Fsp3) is 0.368. The van der Waals surface area contributed by atoms with Crippen LogP contribution < -0.4 is 14.8 Å². The molecule has 1 unspecified atom stereocenters. The van der Waals surface area contributed by atoms with Crippen LogP contribution in [0.2, 0.25) is 0 Å². The number of benzene rings is 2. The van der Waals surface area contributed by atoms with Gasteiger partial charge in [-0.15, -0.1) is 0 Å². The molecule has 23 heavy (non-hydrogen) atoms. The molecule has 0 aliphatic rings. The Bertz CT molecular complexity index is 613. The lowest BCUT2D eigenvalue weighted by molar-refractivity contribution is 0.173. The molecule has 0 heterocycles. The molecule has 2 aromatic carbocycles. The second-order valence-electron chi connectivity index (χ2n) is 5.70. The van der Waals surface area contributed by atoms with E-state index in [9.17, 15) is 5.11 Å². The molecular weight excluding hydrogens is 290 g/mol. The van der Waals surface area contributed by atoms with Gasteiger partial charge in [-0.1, -0.05) is 30.3 Å². The Labute approximate surface area is 138 Å². The van der Waals surface area contributed by atoms with E-state index in [0.717, 1.165) is 22.6 Å². The summed E-state index contributed by atoms with van der Waals surface area (Å²) in [7, 11) is 1.62. The van der Waals surface area contributed by atoms with Crippen molar-refractivity contribution in [3.8, 4) is 11.5 Å². The van der Waals surface area contributed by atoms with Crippen LogP contribution in [0.1, 0.15) is 31.1 Å². The van der Waals surface area contributed by atoms with Crippen LogP contribution >= 0.6 is 0 Å². The predicted octanol–water partition coefficient (Wildman–Crippen LogP) is 3.31. The lowest BCUT2D eigenvalue weighted by atomic mass is 10.1. The van der Waals surface area contributed by atoms with E-state index in [4.69, 9.17) is 9.47 Å². The molecule has 0 radical (unpaired) electrons. The first-order valence-electron chi connectivity index (χ1n) is 7.87. The third-order valence-electron chi connectivity index (χ3n) is 3.47. The molecule has 0 aliphatic carbocycles. The average molecular weight is 315 g/mol. The summed E-state index contributed by atoms with van der Waals surface area (Å²) >= 11 is 0. The first-order chi connectivity index (χ1) is 11.1. The number of nitrogens with one attached hydrogen (secondary N) is 1. The van der Waals surface area contributed by atoms with Gasteiger partial charge < -0.3 is 19.9 Å². The van der Waals surface area contributed by atoms with Crippen LogP contribution in [0.15, 0.2) is 48.5 Å². The van der Waals surface area contributed by atoms with Crippen LogP contribution in [0.5, 0.6) is 11.5 Å². The van der Waals surface area contributed by atoms with Crippen LogP contribution in [-0.4, -0.2) is 24.9 Å². The summed E-state index contributed by atoms with van der Waals surface area (Å²) in [4.78, 5) is 0. The highest BCUT2D eigenvalue weighted by Gasteiger charge is 2.09. The SMILES string of the molecule is COc1cccc(C(O)CNCc2ccccc2OC(C)C)c1. The summed E-state index contributed by atoms with van der Waals surface area (Å²) in [6, 6.07) is 15.4. The summed E-state index contributed by atoms with van der Waals surface area (Å²) in [6.45, 7) is 5.13. The summed E-state index contributed by atoms with van der Waals surface area (Å²) in [5.41, 5.74) is 1.92. The Kier molecular flexibility index (Phi) is 6.44. The van der Waals surface area contributed by atoms with Gasteiger partial charge in [0.25, 0.3) is 0 Å². The van der Waals surface area contributed by atoms with Gasteiger partial charge >= 0.3 is 0 Å². The van der Waals surface area contributed by atoms with E-state index >= 15 is 0 Å². The third-order valence-corrected chi connectivity index (χ3v) is 3.47. The van der Waals surface area contributed by atoms with E-state index in [0.29, 0.717) is 13.1 Å². The van der Waals surface area contributed by atoms with Gasteiger partial charge in [-0.25, -0.2) is 0 Å². The molecular formula is C19H25NO3. The largest absolute Gasteiger partial charge is 0.497 e. The molecule has 0 spiro atoms. The van der Waals surface area contributed by atoms with Gasteiger partial charge in [0.2, 0.25) is 0 Å². The lowest BCUT2D eigenvalue weighted by Gasteiger charge is -2.16. The first-order valence-corrected chi connectivity index (χ1v) is 7.87. The van der Waals surface area contributed by atoms with Crippen LogP contribution in [0.25, 0.3) is 0 Å². The molecule has 0 saturated heterocycles. The maximum atomic E-state index is 10.3. The summed E-state index contributed by atoms with van der Waals surface area (Å²) < 4.78 is 11.0. The van der Waals surface area contributed by atoms with Crippen molar-refractivity contribution < 1.29 is 14.6 Å². The highest BCUT2D eigenvalue weighted by atomic mass is 16.5. The van der Waals surface area contributed by atoms with Crippen molar-refractivity contribution in [1.82, 2.24) is 5.32 Å². The number of ether oxygens (including phenoxy) is 2. The Hall–Kier alpha value is -2.04. The van der Waals surface area contributed by atoms with Crippen molar-refractivity contribution >= 4 is 0 Å². The van der Waals surface area contributed by atoms with E-state index in [1.54, 1.807) is 7.11 Å². The summed E-state index contributed by atoms with van der Waals surface area (Å²) in [5, 5.41) is 13.6. The second kappa shape index (κ2) is 8.56. The zero-order valence-electron chi connectivity index (χ0n) is 14.0. The van der Waals surface area contributed by atoms with Crippen molar-refractivity contribution in [3.63, 3.8) is 0 Å². The molecule has 1 atom stereocenters. The Morgan fingerprint density at radius 3 is 2.61 bits per heavy atom. The molecule has 124 valence electrons. The molecule has 0 aromatic heterocycles. The number of hydrogen-bond donors (Lipinski definition) is 2. The minimum Gasteiger partial charge on any atom is -0.497 e. The van der Waals surface area contributed by atoms with Crippen molar-refractivity contribution in [3.05, 3.63) is 59.7 Å². The summed E-state index contributed by atoms with van der Waals surface area (Å²) in [6.07, 6.45) is -0.443. The molecule has 0 fully saturated rings. The molecule has 0 saturated carbocycles. The maximum absolute atomic E-state index is 10.3. The molecule has 4 nitrogen and oxygen atoms in total. The Balaban J connectivity index is 1.91. The van der Waals surface area contributed by atoms with Crippen molar-refractivity contribution in [2.75, 3.05) is 13.7 Å². The third kappa shape index (κ3) is 5.27. The van der Waals surface area contributed by atoms with Crippen LogP contribution in [0.3, 0.4) is 0 Å². The molecule has 4 heteroatoms. The first kappa shape index (κ1) is 17.3. The van der Waals surface area contributed by atoms with Crippen molar-refractivity contribution in [2.24, 2.45) is 0 Å². The van der Waals surface area contributed by atoms with Gasteiger partial charge in [0.05, 0.1) is 19.3 Å². The average Bonchev–Trinajstić information content (AvgIpc) is 2.56. The number of aliphatic hydroxyl groups is 1. The zero-order valence-corrected chi connectivity index (χ0v) is 14.0. The van der Waals surface area contributed by atoms with E-state index in [-0.39, 0.29) is 6.10 Å². The topological polar surface area (TPSA) is 50.7 Å². The monoisotopic (exact) mass is 315 g/mol. The zero-order chi connectivity index (χ0) is 16.7. The van der Waals surface area contributed by atoms with Crippen LogP contribution in [0, 0.1) is 0 Å². The van der Waals surface area contributed by atoms with Gasteiger partial charge in [-0.3, -0.25) is 0 Å². The molecule has 0 amide bonds. The van der Waals surface area contributed by atoms with Crippen molar-refractivity contribution in [1.29, 1.82) is 0 Å². The smallest absolute Gasteiger partial charge is 0.124 e. The van der Waals surface area contributed by atoms with Crippen LogP contribution in [0.4, 0.5) is 0 Å². The minimum absolute atomic E-state index is 0.138. The van der Waals surface area contributed by atoms with Gasteiger partial charge in [0.15, 0.2) is 0 Å². The normalized spacial score (nSPS) is 12.2. The Morgan fingerprint density at radius 2 is 1.87 bits per heavy atom. The highest BCUT2D eigenvalue weighted by Crippen LogP contribution is 2.21. The number of para-hydroxylation sites is 1. The lowest BCUT2D eigenvalue weighted by Crippen LogP contribution is -2.21. The molecule has 2 aromatic rings. The minimum atomic E-state index is -0.580. The Morgan fingerprint density at radius 1 is 1.09 bits per heavy atom. The van der Waals surface area contributed by atoms with E-state index in [1.165, 1.54) is 0 Å². The number of methoxy groups -OCH3 is 1. The maximum Gasteiger partial charge on any atom is 0.124 e. The second-order valence-corrected chi connectivity index (χ2v) is 5.70. The number of hydrogen-bond acceptors (Lipinski definition) is 4. The van der Waals surface area contributed by atoms with Gasteiger partial charge in [0, 0.05) is 18.7 Å². The fourth-order valence-electron chi connectivity index (χ4n) is 2.33. The van der Waals surface area contributed by atoms with E-state index in [2.05, 4.69) is 5.32 Å². The number of aliphatic hydroxyl groups excluding tert-OH is 1. The molecule has 2 N–H and O–H groups in total. The fourth-order valence-corrected chi connectivity index (χ4v) is 2.33. The number of rotatable bonds is 8. The molecule has 0 aliphatic heterocycles.